The Balaban J connectivity index is 1.44. The number of methoxy groups -OCH3 is 1. The van der Waals surface area contributed by atoms with Crippen molar-refractivity contribution < 1.29 is 19.7 Å². The van der Waals surface area contributed by atoms with Gasteiger partial charge in [0.15, 0.2) is 5.79 Å². The highest BCUT2D eigenvalue weighted by atomic mass is 16.7. The molecule has 6 fully saturated rings. The average Bonchev–Trinajstić information content (AvgIpc) is 3.17. The number of ether oxygens (including phenoxy) is 2. The van der Waals surface area contributed by atoms with Crippen LogP contribution in [-0.4, -0.2) is 41.4 Å². The molecular formula is C23H36O4. The number of rotatable bonds is 1. The van der Waals surface area contributed by atoms with Gasteiger partial charge in [0.25, 0.3) is 0 Å². The fraction of sp³-hybridized carbons (Fsp3) is 1.00. The first-order chi connectivity index (χ1) is 12.7. The zero-order valence-electron chi connectivity index (χ0n) is 17.3. The molecule has 0 aromatic heterocycles. The first kappa shape index (κ1) is 17.7. The summed E-state index contributed by atoms with van der Waals surface area (Å²) in [7, 11) is 1.91. The molecule has 2 N–H and O–H groups in total. The molecule has 4 nitrogen and oxygen atoms in total. The summed E-state index contributed by atoms with van der Waals surface area (Å²) < 4.78 is 12.0. The highest BCUT2D eigenvalue weighted by molar-refractivity contribution is 5.28. The summed E-state index contributed by atoms with van der Waals surface area (Å²) in [5.41, 5.74) is -0.591. The van der Waals surface area contributed by atoms with E-state index in [2.05, 4.69) is 20.8 Å². The van der Waals surface area contributed by atoms with Gasteiger partial charge in [0, 0.05) is 30.3 Å². The quantitative estimate of drug-likeness (QED) is 0.737. The largest absolute Gasteiger partial charge is 0.383 e. The lowest BCUT2D eigenvalue weighted by molar-refractivity contribution is -0.265. The Hall–Kier alpha value is -0.160. The summed E-state index contributed by atoms with van der Waals surface area (Å²) in [6.07, 6.45) is 8.31. The molecule has 4 heteroatoms. The van der Waals surface area contributed by atoms with Gasteiger partial charge in [-0.2, -0.15) is 0 Å². The molecule has 6 rings (SSSR count). The van der Waals surface area contributed by atoms with Crippen molar-refractivity contribution in [2.75, 3.05) is 13.7 Å². The van der Waals surface area contributed by atoms with Crippen LogP contribution >= 0.6 is 0 Å². The van der Waals surface area contributed by atoms with E-state index in [9.17, 15) is 10.2 Å². The molecule has 27 heavy (non-hydrogen) atoms. The summed E-state index contributed by atoms with van der Waals surface area (Å²) in [5, 5.41) is 23.2. The van der Waals surface area contributed by atoms with Crippen molar-refractivity contribution in [2.45, 2.75) is 83.2 Å². The zero-order chi connectivity index (χ0) is 19.0. The lowest BCUT2D eigenvalue weighted by atomic mass is 9.44. The number of fused-ring (bicyclic) bond motifs is 6. The standard InChI is InChI=1S/C23H36O4/c1-13-12-27-22(24)11-17-15-9-18(26-4)21-10-14(21)5-7-19(21,2)16(15)6-8-20(17,3)23(13,22)25/h13-18,24-25H,5-12H2,1-4H3/t13-,14-,15-,16+,17?,18-,19-,20+,21+,22+,23+/m1/s1. The van der Waals surface area contributed by atoms with E-state index in [1.807, 2.05) is 7.11 Å². The molecule has 5 saturated carbocycles. The molecule has 0 radical (unpaired) electrons. The van der Waals surface area contributed by atoms with E-state index in [-0.39, 0.29) is 11.3 Å². The molecule has 0 amide bonds. The normalized spacial score (nSPS) is 68.7. The Morgan fingerprint density at radius 2 is 1.74 bits per heavy atom. The third-order valence-corrected chi connectivity index (χ3v) is 11.5. The Morgan fingerprint density at radius 1 is 1.00 bits per heavy atom. The van der Waals surface area contributed by atoms with Gasteiger partial charge in [-0.25, -0.2) is 0 Å². The first-order valence-corrected chi connectivity index (χ1v) is 11.3. The van der Waals surface area contributed by atoms with Crippen LogP contribution in [0.3, 0.4) is 0 Å². The summed E-state index contributed by atoms with van der Waals surface area (Å²) in [6, 6.07) is 0. The van der Waals surface area contributed by atoms with Crippen molar-refractivity contribution in [3.05, 3.63) is 0 Å². The van der Waals surface area contributed by atoms with Crippen LogP contribution in [0.2, 0.25) is 0 Å². The molecule has 1 aliphatic heterocycles. The van der Waals surface area contributed by atoms with Gasteiger partial charge in [-0.15, -0.1) is 0 Å². The fourth-order valence-corrected chi connectivity index (χ4v) is 10.1. The molecule has 6 aliphatic rings. The van der Waals surface area contributed by atoms with Crippen molar-refractivity contribution in [1.82, 2.24) is 0 Å². The predicted molar refractivity (Wildman–Crippen MR) is 101 cm³/mol. The fourth-order valence-electron chi connectivity index (χ4n) is 10.1. The summed E-state index contributed by atoms with van der Waals surface area (Å²) in [6.45, 7) is 7.33. The molecule has 11 atom stereocenters. The third-order valence-electron chi connectivity index (χ3n) is 11.5. The molecule has 0 aromatic carbocycles. The molecule has 1 spiro atoms. The molecule has 1 unspecified atom stereocenters. The van der Waals surface area contributed by atoms with Gasteiger partial charge in [-0.1, -0.05) is 20.8 Å². The molecule has 1 heterocycles. The van der Waals surface area contributed by atoms with E-state index in [0.29, 0.717) is 47.7 Å². The van der Waals surface area contributed by atoms with Gasteiger partial charge in [-0.05, 0) is 67.6 Å². The number of aliphatic hydroxyl groups is 2. The third kappa shape index (κ3) is 1.57. The van der Waals surface area contributed by atoms with Crippen LogP contribution in [0.5, 0.6) is 0 Å². The monoisotopic (exact) mass is 376 g/mol. The van der Waals surface area contributed by atoms with Gasteiger partial charge in [0.05, 0.1) is 12.7 Å². The van der Waals surface area contributed by atoms with E-state index < -0.39 is 11.4 Å². The molecule has 1 saturated heterocycles. The van der Waals surface area contributed by atoms with Crippen LogP contribution in [0.25, 0.3) is 0 Å². The smallest absolute Gasteiger partial charge is 0.196 e. The van der Waals surface area contributed by atoms with Crippen molar-refractivity contribution >= 4 is 0 Å². The van der Waals surface area contributed by atoms with E-state index in [4.69, 9.17) is 9.47 Å². The lowest BCUT2D eigenvalue weighted by Crippen LogP contribution is -2.62. The maximum absolute atomic E-state index is 11.8. The van der Waals surface area contributed by atoms with Crippen LogP contribution in [0.15, 0.2) is 0 Å². The second kappa shape index (κ2) is 4.77. The van der Waals surface area contributed by atoms with Crippen molar-refractivity contribution in [2.24, 2.45) is 45.8 Å². The highest BCUT2D eigenvalue weighted by Gasteiger charge is 2.81. The second-order valence-corrected chi connectivity index (χ2v) is 11.7. The van der Waals surface area contributed by atoms with Gasteiger partial charge >= 0.3 is 0 Å². The molecule has 0 bridgehead atoms. The minimum absolute atomic E-state index is 0.0166. The SMILES string of the molecule is CO[C@@H]1C[C@H]2C3C[C@]4(O)OC[C@@H](C)[C@]4(O)[C@@]3(C)CC[C@@H]2[C@@]2(C)CC[C@@H]3C[C@]312. The Labute approximate surface area is 163 Å². The minimum atomic E-state index is -1.36. The first-order valence-electron chi connectivity index (χ1n) is 11.3. The van der Waals surface area contributed by atoms with Crippen LogP contribution in [0.1, 0.15) is 65.7 Å². The van der Waals surface area contributed by atoms with Crippen molar-refractivity contribution in [1.29, 1.82) is 0 Å². The summed E-state index contributed by atoms with van der Waals surface area (Å²) >= 11 is 0. The zero-order valence-corrected chi connectivity index (χ0v) is 17.3. The maximum atomic E-state index is 11.8. The Kier molecular flexibility index (Phi) is 3.12. The van der Waals surface area contributed by atoms with Gasteiger partial charge in [0.2, 0.25) is 0 Å². The topological polar surface area (TPSA) is 58.9 Å². The predicted octanol–water partition coefficient (Wildman–Crippen LogP) is 3.35. The van der Waals surface area contributed by atoms with Crippen molar-refractivity contribution in [3.63, 3.8) is 0 Å². The Morgan fingerprint density at radius 3 is 2.44 bits per heavy atom. The molecule has 5 aliphatic carbocycles. The number of hydrogen-bond acceptors (Lipinski definition) is 4. The Bertz CT molecular complexity index is 696. The summed E-state index contributed by atoms with van der Waals surface area (Å²) in [4.78, 5) is 0. The molecular weight excluding hydrogens is 340 g/mol. The maximum Gasteiger partial charge on any atom is 0.196 e. The van der Waals surface area contributed by atoms with E-state index in [1.54, 1.807) is 0 Å². The van der Waals surface area contributed by atoms with Crippen LogP contribution in [0.4, 0.5) is 0 Å². The lowest BCUT2D eigenvalue weighted by Gasteiger charge is -2.61. The summed E-state index contributed by atoms with van der Waals surface area (Å²) in [5.74, 6) is 1.04. The van der Waals surface area contributed by atoms with Crippen LogP contribution < -0.4 is 0 Å². The van der Waals surface area contributed by atoms with E-state index in [0.717, 1.165) is 18.8 Å². The van der Waals surface area contributed by atoms with Gasteiger partial charge < -0.3 is 19.7 Å². The van der Waals surface area contributed by atoms with Crippen LogP contribution in [0, 0.1) is 45.8 Å². The molecule has 0 aromatic rings. The van der Waals surface area contributed by atoms with Gasteiger partial charge in [-0.3, -0.25) is 0 Å². The van der Waals surface area contributed by atoms with E-state index >= 15 is 0 Å². The highest BCUT2D eigenvalue weighted by Crippen LogP contribution is 2.82. The van der Waals surface area contributed by atoms with Crippen molar-refractivity contribution in [3.8, 4) is 0 Å². The minimum Gasteiger partial charge on any atom is -0.383 e. The number of hydrogen-bond donors (Lipinski definition) is 2. The van der Waals surface area contributed by atoms with Crippen LogP contribution in [-0.2, 0) is 9.47 Å². The van der Waals surface area contributed by atoms with E-state index in [1.165, 1.54) is 25.7 Å². The average molecular weight is 377 g/mol. The molecule has 152 valence electrons. The van der Waals surface area contributed by atoms with Gasteiger partial charge in [0.1, 0.15) is 5.60 Å². The second-order valence-electron chi connectivity index (χ2n) is 11.7.